The quantitative estimate of drug-likeness (QED) is 0.833. The van der Waals surface area contributed by atoms with E-state index in [4.69, 9.17) is 9.26 Å². The van der Waals surface area contributed by atoms with Gasteiger partial charge in [-0.1, -0.05) is 25.9 Å². The summed E-state index contributed by atoms with van der Waals surface area (Å²) in [6.45, 7) is 6.98. The number of amides is 1. The predicted molar refractivity (Wildman–Crippen MR) is 101 cm³/mol. The van der Waals surface area contributed by atoms with Crippen LogP contribution in [0, 0.1) is 0 Å². The Bertz CT molecular complexity index is 869. The number of likely N-dealkylation sites (tertiary alicyclic amines) is 1. The molecule has 1 saturated carbocycles. The van der Waals surface area contributed by atoms with E-state index in [0.717, 1.165) is 37.0 Å². The molecule has 2 aliphatic rings. The fourth-order valence-electron chi connectivity index (χ4n) is 3.47. The van der Waals surface area contributed by atoms with Crippen LogP contribution in [0.2, 0.25) is 0 Å². The van der Waals surface area contributed by atoms with Gasteiger partial charge in [0, 0.05) is 29.8 Å². The summed E-state index contributed by atoms with van der Waals surface area (Å²) in [6, 6.07) is 1.73. The fraction of sp³-hybridized carbons (Fsp3) is 0.600. The summed E-state index contributed by atoms with van der Waals surface area (Å²) in [5.41, 5.74) is 1.43. The van der Waals surface area contributed by atoms with Crippen molar-refractivity contribution >= 4 is 6.09 Å². The van der Waals surface area contributed by atoms with Gasteiger partial charge in [0.1, 0.15) is 18.1 Å². The normalized spacial score (nSPS) is 19.8. The Hall–Kier alpha value is -2.64. The van der Waals surface area contributed by atoms with Gasteiger partial charge in [-0.25, -0.2) is 4.79 Å². The van der Waals surface area contributed by atoms with Crippen molar-refractivity contribution in [2.45, 2.75) is 63.8 Å². The minimum Gasteiger partial charge on any atom is -0.491 e. The van der Waals surface area contributed by atoms with Crippen LogP contribution in [0.4, 0.5) is 4.79 Å². The number of aromatic nitrogens is 3. The van der Waals surface area contributed by atoms with Gasteiger partial charge in [-0.2, -0.15) is 4.98 Å². The Morgan fingerprint density at radius 2 is 2.14 bits per heavy atom. The topological polar surface area (TPSA) is 102 Å². The van der Waals surface area contributed by atoms with Gasteiger partial charge in [0.15, 0.2) is 5.82 Å². The molecule has 0 bridgehead atoms. The van der Waals surface area contributed by atoms with E-state index in [2.05, 4.69) is 15.1 Å². The molecule has 1 amide bonds. The summed E-state index contributed by atoms with van der Waals surface area (Å²) >= 11 is 0. The van der Waals surface area contributed by atoms with E-state index in [9.17, 15) is 9.90 Å². The summed E-state index contributed by atoms with van der Waals surface area (Å²) in [6.07, 6.45) is 4.88. The molecule has 8 nitrogen and oxygen atoms in total. The highest BCUT2D eigenvalue weighted by atomic mass is 16.5. The lowest BCUT2D eigenvalue weighted by Gasteiger charge is -2.22. The smallest absolute Gasteiger partial charge is 0.407 e. The highest BCUT2D eigenvalue weighted by molar-refractivity contribution is 5.65. The molecule has 0 unspecified atom stereocenters. The van der Waals surface area contributed by atoms with Crippen molar-refractivity contribution in [3.8, 4) is 17.3 Å². The molecule has 1 saturated heterocycles. The molecule has 1 aliphatic carbocycles. The van der Waals surface area contributed by atoms with E-state index in [1.807, 2.05) is 33.0 Å². The van der Waals surface area contributed by atoms with Crippen LogP contribution >= 0.6 is 0 Å². The molecular formula is C20H26N4O4. The van der Waals surface area contributed by atoms with Crippen molar-refractivity contribution in [2.24, 2.45) is 0 Å². The van der Waals surface area contributed by atoms with Crippen molar-refractivity contribution in [2.75, 3.05) is 13.2 Å². The molecule has 1 N–H and O–H groups in total. The van der Waals surface area contributed by atoms with Gasteiger partial charge in [-0.05, 0) is 31.6 Å². The van der Waals surface area contributed by atoms with Gasteiger partial charge in [-0.3, -0.25) is 4.98 Å². The highest BCUT2D eigenvalue weighted by Gasteiger charge is 2.32. The summed E-state index contributed by atoms with van der Waals surface area (Å²) < 4.78 is 11.5. The lowest BCUT2D eigenvalue weighted by Crippen LogP contribution is -2.38. The van der Waals surface area contributed by atoms with E-state index in [1.165, 1.54) is 4.90 Å². The maximum absolute atomic E-state index is 11.4. The first-order valence-corrected chi connectivity index (χ1v) is 9.80. The molecule has 2 fully saturated rings. The Morgan fingerprint density at radius 1 is 1.36 bits per heavy atom. The van der Waals surface area contributed by atoms with E-state index in [0.29, 0.717) is 36.5 Å². The highest BCUT2D eigenvalue weighted by Crippen LogP contribution is 2.44. The van der Waals surface area contributed by atoms with E-state index < -0.39 is 6.09 Å². The van der Waals surface area contributed by atoms with Crippen LogP contribution in [0.3, 0.4) is 0 Å². The van der Waals surface area contributed by atoms with Crippen molar-refractivity contribution in [1.29, 1.82) is 0 Å². The summed E-state index contributed by atoms with van der Waals surface area (Å²) in [5.74, 6) is 2.19. The largest absolute Gasteiger partial charge is 0.491 e. The first-order chi connectivity index (χ1) is 13.3. The van der Waals surface area contributed by atoms with Gasteiger partial charge in [0.2, 0.25) is 0 Å². The van der Waals surface area contributed by atoms with Crippen molar-refractivity contribution < 1.29 is 19.2 Å². The zero-order chi connectivity index (χ0) is 19.9. The molecule has 0 aromatic carbocycles. The van der Waals surface area contributed by atoms with Crippen molar-refractivity contribution in [1.82, 2.24) is 20.0 Å². The molecule has 28 heavy (non-hydrogen) atoms. The second kappa shape index (κ2) is 7.07. The van der Waals surface area contributed by atoms with Crippen LogP contribution in [-0.2, 0) is 5.41 Å². The maximum atomic E-state index is 11.4. The lowest BCUT2D eigenvalue weighted by molar-refractivity contribution is 0.123. The SMILES string of the molecule is CC(C)(C)c1noc(-c2cc(OC[C@@H]3CCCN3C(=O)O)c(C3CC3)cn2)n1. The van der Waals surface area contributed by atoms with Crippen molar-refractivity contribution in [3.63, 3.8) is 0 Å². The third-order valence-corrected chi connectivity index (χ3v) is 5.28. The molecular weight excluding hydrogens is 360 g/mol. The number of carboxylic acid groups (broad SMARTS) is 1. The van der Waals surface area contributed by atoms with Gasteiger partial charge in [0.05, 0.1) is 6.04 Å². The summed E-state index contributed by atoms with van der Waals surface area (Å²) in [7, 11) is 0. The first kappa shape index (κ1) is 18.7. The third kappa shape index (κ3) is 3.81. The Balaban J connectivity index is 1.56. The van der Waals surface area contributed by atoms with Crippen LogP contribution in [0.1, 0.15) is 63.8 Å². The van der Waals surface area contributed by atoms with Crippen LogP contribution < -0.4 is 4.74 Å². The number of nitrogens with zero attached hydrogens (tertiary/aromatic N) is 4. The molecule has 2 aromatic heterocycles. The van der Waals surface area contributed by atoms with Crippen LogP contribution in [0.15, 0.2) is 16.8 Å². The number of carbonyl (C=O) groups is 1. The molecule has 150 valence electrons. The second-order valence-corrected chi connectivity index (χ2v) is 8.64. The molecule has 3 heterocycles. The number of rotatable bonds is 5. The molecule has 0 radical (unpaired) electrons. The van der Waals surface area contributed by atoms with Crippen LogP contribution in [-0.4, -0.2) is 50.4 Å². The van der Waals surface area contributed by atoms with Gasteiger partial charge in [0.25, 0.3) is 5.89 Å². The Morgan fingerprint density at radius 3 is 2.79 bits per heavy atom. The van der Waals surface area contributed by atoms with E-state index in [-0.39, 0.29) is 11.5 Å². The summed E-state index contributed by atoms with van der Waals surface area (Å²) in [4.78, 5) is 21.8. The monoisotopic (exact) mass is 386 g/mol. The number of ether oxygens (including phenoxy) is 1. The maximum Gasteiger partial charge on any atom is 0.407 e. The fourth-order valence-corrected chi connectivity index (χ4v) is 3.47. The average molecular weight is 386 g/mol. The minimum absolute atomic E-state index is 0.114. The molecule has 2 aromatic rings. The third-order valence-electron chi connectivity index (χ3n) is 5.28. The molecule has 0 spiro atoms. The summed E-state index contributed by atoms with van der Waals surface area (Å²) in [5, 5.41) is 13.4. The molecule has 4 rings (SSSR count). The van der Waals surface area contributed by atoms with Gasteiger partial charge in [-0.15, -0.1) is 0 Å². The predicted octanol–water partition coefficient (Wildman–Crippen LogP) is 3.83. The molecule has 1 aliphatic heterocycles. The zero-order valence-corrected chi connectivity index (χ0v) is 16.5. The zero-order valence-electron chi connectivity index (χ0n) is 16.5. The molecule has 1 atom stereocenters. The van der Waals surface area contributed by atoms with Crippen molar-refractivity contribution in [3.05, 3.63) is 23.7 Å². The number of hydrogen-bond acceptors (Lipinski definition) is 6. The lowest BCUT2D eigenvalue weighted by atomic mass is 9.96. The second-order valence-electron chi connectivity index (χ2n) is 8.64. The van der Waals surface area contributed by atoms with E-state index >= 15 is 0 Å². The van der Waals surface area contributed by atoms with Gasteiger partial charge < -0.3 is 19.3 Å². The van der Waals surface area contributed by atoms with Crippen LogP contribution in [0.5, 0.6) is 5.75 Å². The Kier molecular flexibility index (Phi) is 4.72. The van der Waals surface area contributed by atoms with Crippen LogP contribution in [0.25, 0.3) is 11.6 Å². The molecule has 8 heteroatoms. The number of pyridine rings is 1. The first-order valence-electron chi connectivity index (χ1n) is 9.80. The number of hydrogen-bond donors (Lipinski definition) is 1. The minimum atomic E-state index is -0.885. The average Bonchev–Trinajstić information content (AvgIpc) is 3.17. The van der Waals surface area contributed by atoms with E-state index in [1.54, 1.807) is 0 Å². The Labute approximate surface area is 163 Å². The standard InChI is InChI=1S/C20H26N4O4/c1-20(2,3)18-22-17(28-23-18)15-9-16(14(10-21-15)12-6-7-12)27-11-13-5-4-8-24(13)19(25)26/h9-10,12-13H,4-8,11H2,1-3H3,(H,25,26)/t13-/m0/s1. The van der Waals surface area contributed by atoms with Gasteiger partial charge >= 0.3 is 6.09 Å².